The molecule has 116 valence electrons. The highest BCUT2D eigenvalue weighted by Crippen LogP contribution is 2.19. The minimum atomic E-state index is 0.285. The van der Waals surface area contributed by atoms with Gasteiger partial charge in [0.1, 0.15) is 0 Å². The first-order valence-electron chi connectivity index (χ1n) is 7.92. The summed E-state index contributed by atoms with van der Waals surface area (Å²) in [5.41, 5.74) is 0. The van der Waals surface area contributed by atoms with Gasteiger partial charge in [-0.3, -0.25) is 4.79 Å². The summed E-state index contributed by atoms with van der Waals surface area (Å²) in [5, 5.41) is 3.36. The quantitative estimate of drug-likeness (QED) is 0.725. The average Bonchev–Trinajstić information content (AvgIpc) is 3.22. The van der Waals surface area contributed by atoms with E-state index in [0.717, 1.165) is 39.0 Å². The predicted molar refractivity (Wildman–Crippen MR) is 81.8 cm³/mol. The Morgan fingerprint density at radius 2 is 1.80 bits per heavy atom. The third-order valence-electron chi connectivity index (χ3n) is 4.36. The Morgan fingerprint density at radius 3 is 2.35 bits per heavy atom. The van der Waals surface area contributed by atoms with Crippen molar-refractivity contribution < 1.29 is 4.79 Å². The van der Waals surface area contributed by atoms with Gasteiger partial charge in [0.15, 0.2) is 0 Å². The Balaban J connectivity index is 1.85. The van der Waals surface area contributed by atoms with Crippen LogP contribution in [0.4, 0.5) is 0 Å². The Kier molecular flexibility index (Phi) is 5.81. The summed E-state index contributed by atoms with van der Waals surface area (Å²) in [5.74, 6) is 0.285. The van der Waals surface area contributed by atoms with Crippen molar-refractivity contribution >= 4 is 5.91 Å². The summed E-state index contributed by atoms with van der Waals surface area (Å²) >= 11 is 0. The van der Waals surface area contributed by atoms with Crippen LogP contribution in [0, 0.1) is 0 Å². The van der Waals surface area contributed by atoms with E-state index in [2.05, 4.69) is 41.2 Å². The van der Waals surface area contributed by atoms with Gasteiger partial charge < -0.3 is 20.0 Å². The van der Waals surface area contributed by atoms with Crippen molar-refractivity contribution in [2.45, 2.75) is 37.8 Å². The van der Waals surface area contributed by atoms with Gasteiger partial charge in [-0.15, -0.1) is 0 Å². The molecular formula is C15H30N4O. The van der Waals surface area contributed by atoms with Crippen molar-refractivity contribution in [3.63, 3.8) is 0 Å². The zero-order valence-corrected chi connectivity index (χ0v) is 13.3. The molecule has 1 saturated carbocycles. The lowest BCUT2D eigenvalue weighted by atomic mass is 10.0. The van der Waals surface area contributed by atoms with Crippen molar-refractivity contribution in [1.29, 1.82) is 0 Å². The summed E-state index contributed by atoms with van der Waals surface area (Å²) in [6, 6.07) is 1.03. The fourth-order valence-electron chi connectivity index (χ4n) is 2.75. The fourth-order valence-corrected chi connectivity index (χ4v) is 2.75. The van der Waals surface area contributed by atoms with Crippen molar-refractivity contribution in [3.8, 4) is 0 Å². The van der Waals surface area contributed by atoms with Gasteiger partial charge in [-0.1, -0.05) is 0 Å². The molecule has 2 fully saturated rings. The molecular weight excluding hydrogens is 252 g/mol. The molecule has 1 N–H and O–H groups in total. The molecule has 20 heavy (non-hydrogen) atoms. The highest BCUT2D eigenvalue weighted by molar-refractivity contribution is 5.78. The van der Waals surface area contributed by atoms with Crippen molar-refractivity contribution in [2.24, 2.45) is 0 Å². The van der Waals surface area contributed by atoms with E-state index in [1.807, 2.05) is 0 Å². The van der Waals surface area contributed by atoms with Gasteiger partial charge in [0.25, 0.3) is 0 Å². The van der Waals surface area contributed by atoms with Gasteiger partial charge in [-0.25, -0.2) is 0 Å². The van der Waals surface area contributed by atoms with Crippen LogP contribution in [0.2, 0.25) is 0 Å². The monoisotopic (exact) mass is 282 g/mol. The molecule has 0 aromatic rings. The molecule has 1 aliphatic heterocycles. The van der Waals surface area contributed by atoms with Crippen LogP contribution in [-0.4, -0.2) is 86.6 Å². The maximum absolute atomic E-state index is 12.5. The number of amides is 1. The van der Waals surface area contributed by atoms with Crippen LogP contribution in [0.1, 0.15) is 25.7 Å². The van der Waals surface area contributed by atoms with E-state index in [1.54, 1.807) is 0 Å². The number of carbonyl (C=O) groups excluding carboxylic acids is 1. The lowest BCUT2D eigenvalue weighted by Gasteiger charge is -2.38. The molecule has 0 aromatic heterocycles. The van der Waals surface area contributed by atoms with Gasteiger partial charge in [-0.2, -0.15) is 0 Å². The molecule has 1 aliphatic carbocycles. The van der Waals surface area contributed by atoms with Crippen molar-refractivity contribution in [1.82, 2.24) is 20.0 Å². The normalized spacial score (nSPS) is 21.4. The van der Waals surface area contributed by atoms with Crippen LogP contribution < -0.4 is 5.32 Å². The van der Waals surface area contributed by atoms with E-state index in [0.29, 0.717) is 18.6 Å². The van der Waals surface area contributed by atoms with E-state index < -0.39 is 0 Å². The van der Waals surface area contributed by atoms with E-state index in [4.69, 9.17) is 0 Å². The van der Waals surface area contributed by atoms with Crippen LogP contribution in [0.25, 0.3) is 0 Å². The number of hydrogen-bond donors (Lipinski definition) is 1. The molecule has 1 heterocycles. The molecule has 1 amide bonds. The first-order chi connectivity index (χ1) is 9.56. The summed E-state index contributed by atoms with van der Waals surface area (Å²) in [7, 11) is 6.30. The second-order valence-corrected chi connectivity index (χ2v) is 6.58. The fraction of sp³-hybridized carbons (Fsp3) is 0.933. The second-order valence-electron chi connectivity index (χ2n) is 6.58. The second kappa shape index (κ2) is 7.38. The summed E-state index contributed by atoms with van der Waals surface area (Å²) < 4.78 is 0. The first-order valence-corrected chi connectivity index (χ1v) is 7.92. The van der Waals surface area contributed by atoms with E-state index in [9.17, 15) is 4.79 Å². The SMILES string of the molecule is CN(C)CCN(C(=O)CNC1CC1)C1CCN(C)CC1. The maximum Gasteiger partial charge on any atom is 0.236 e. The smallest absolute Gasteiger partial charge is 0.236 e. The Morgan fingerprint density at radius 1 is 1.15 bits per heavy atom. The van der Waals surface area contributed by atoms with Crippen LogP contribution in [-0.2, 0) is 4.79 Å². The molecule has 0 bridgehead atoms. The van der Waals surface area contributed by atoms with Gasteiger partial charge in [-0.05, 0) is 59.9 Å². The van der Waals surface area contributed by atoms with Crippen LogP contribution in [0.5, 0.6) is 0 Å². The summed E-state index contributed by atoms with van der Waals surface area (Å²) in [4.78, 5) is 19.1. The van der Waals surface area contributed by atoms with Gasteiger partial charge >= 0.3 is 0 Å². The molecule has 5 heteroatoms. The number of rotatable bonds is 7. The third-order valence-corrected chi connectivity index (χ3v) is 4.36. The highest BCUT2D eigenvalue weighted by atomic mass is 16.2. The molecule has 0 atom stereocenters. The van der Waals surface area contributed by atoms with Crippen LogP contribution >= 0.6 is 0 Å². The minimum absolute atomic E-state index is 0.285. The molecule has 0 unspecified atom stereocenters. The number of likely N-dealkylation sites (tertiary alicyclic amines) is 1. The van der Waals surface area contributed by atoms with E-state index >= 15 is 0 Å². The Labute approximate surface area is 123 Å². The molecule has 5 nitrogen and oxygen atoms in total. The average molecular weight is 282 g/mol. The summed E-state index contributed by atoms with van der Waals surface area (Å²) in [6.07, 6.45) is 4.69. The standard InChI is InChI=1S/C15H30N4O/c1-17(2)10-11-19(14-6-8-18(3)9-7-14)15(20)12-16-13-4-5-13/h13-14,16H,4-12H2,1-3H3. The Hall–Kier alpha value is -0.650. The number of nitrogens with zero attached hydrogens (tertiary/aromatic N) is 3. The molecule has 1 saturated heterocycles. The van der Waals surface area contributed by atoms with E-state index in [-0.39, 0.29) is 5.91 Å². The number of carbonyl (C=O) groups is 1. The van der Waals surface area contributed by atoms with Crippen LogP contribution in [0.15, 0.2) is 0 Å². The Bertz CT molecular complexity index is 309. The zero-order valence-electron chi connectivity index (χ0n) is 13.3. The number of nitrogens with one attached hydrogen (secondary N) is 1. The van der Waals surface area contributed by atoms with Gasteiger partial charge in [0.05, 0.1) is 6.54 Å². The van der Waals surface area contributed by atoms with Crippen molar-refractivity contribution in [2.75, 3.05) is 53.9 Å². The van der Waals surface area contributed by atoms with Gasteiger partial charge in [0, 0.05) is 25.2 Å². The molecule has 2 aliphatic rings. The molecule has 0 radical (unpaired) electrons. The number of piperidine rings is 1. The van der Waals surface area contributed by atoms with E-state index in [1.165, 1.54) is 12.8 Å². The first kappa shape index (κ1) is 15.7. The zero-order chi connectivity index (χ0) is 14.5. The van der Waals surface area contributed by atoms with Gasteiger partial charge in [0.2, 0.25) is 5.91 Å². The molecule has 0 aromatic carbocycles. The minimum Gasteiger partial charge on any atom is -0.337 e. The number of hydrogen-bond acceptors (Lipinski definition) is 4. The lowest BCUT2D eigenvalue weighted by Crippen LogP contribution is -2.51. The number of likely N-dealkylation sites (N-methyl/N-ethyl adjacent to an activating group) is 1. The van der Waals surface area contributed by atoms with Crippen LogP contribution in [0.3, 0.4) is 0 Å². The lowest BCUT2D eigenvalue weighted by molar-refractivity contribution is -0.133. The maximum atomic E-state index is 12.5. The summed E-state index contributed by atoms with van der Waals surface area (Å²) in [6.45, 7) is 4.53. The topological polar surface area (TPSA) is 38.8 Å². The molecule has 2 rings (SSSR count). The molecule has 0 spiro atoms. The van der Waals surface area contributed by atoms with Crippen molar-refractivity contribution in [3.05, 3.63) is 0 Å². The highest BCUT2D eigenvalue weighted by Gasteiger charge is 2.28. The predicted octanol–water partition coefficient (Wildman–Crippen LogP) is 0.223. The largest absolute Gasteiger partial charge is 0.337 e. The third kappa shape index (κ3) is 5.04.